The predicted octanol–water partition coefficient (Wildman–Crippen LogP) is 0.169. The second kappa shape index (κ2) is 7.54. The lowest BCUT2D eigenvalue weighted by atomic mass is 9.57. The molecular weight excluding hydrogens is 449 g/mol. The molecule has 34 heavy (non-hydrogen) atoms. The summed E-state index contributed by atoms with van der Waals surface area (Å²) in [6.45, 7) is 0. The van der Waals surface area contributed by atoms with E-state index >= 15 is 0 Å². The van der Waals surface area contributed by atoms with E-state index in [1.165, 1.54) is 23.9 Å². The number of rotatable bonds is 3. The maximum atomic E-state index is 14.7. The van der Waals surface area contributed by atoms with Gasteiger partial charge in [-0.3, -0.25) is 19.3 Å². The number of likely N-dealkylation sites (N-methyl/N-ethyl adjacent to an activating group) is 1. The second-order valence-corrected chi connectivity index (χ2v) is 9.44. The Morgan fingerprint density at radius 2 is 1.79 bits per heavy atom. The summed E-state index contributed by atoms with van der Waals surface area (Å²) in [4.78, 5) is 41.6. The number of aliphatic hydroxyl groups is 3. The van der Waals surface area contributed by atoms with Gasteiger partial charge in [0.2, 0.25) is 5.78 Å². The third-order valence-corrected chi connectivity index (χ3v) is 7.09. The number of nitrogens with zero attached hydrogens (tertiary/aromatic N) is 2. The highest BCUT2D eigenvalue weighted by molar-refractivity contribution is 6.24. The number of nitrogens with two attached hydrogens (primary N) is 1. The van der Waals surface area contributed by atoms with Crippen LogP contribution >= 0.6 is 0 Å². The molecule has 10 nitrogen and oxygen atoms in total. The van der Waals surface area contributed by atoms with Gasteiger partial charge in [-0.1, -0.05) is 0 Å². The zero-order valence-corrected chi connectivity index (χ0v) is 19.1. The number of carbonyl (C=O) groups excluding carboxylic acids is 3. The molecule has 1 saturated carbocycles. The van der Waals surface area contributed by atoms with Crippen LogP contribution in [-0.4, -0.2) is 82.6 Å². The normalized spacial score (nSPS) is 28.6. The molecule has 3 aliphatic carbocycles. The van der Waals surface area contributed by atoms with Crippen molar-refractivity contribution in [3.63, 3.8) is 0 Å². The fourth-order valence-corrected chi connectivity index (χ4v) is 5.76. The standard InChI is InChI=1S/C23H26FN3O7/c1-26(2)16-9-5-8-6-10-17(27(3)4)19(30)15(22(25)33)21(32)23(10,34)20(31)13(8)18(29)14(9)12(28)7-11(16)24/h7-8,10,17,28-29,32,34H,5-6H2,1-4H3,(H2,25,33). The molecule has 1 aromatic carbocycles. The van der Waals surface area contributed by atoms with Gasteiger partial charge in [-0.2, -0.15) is 0 Å². The summed E-state index contributed by atoms with van der Waals surface area (Å²) in [7, 11) is 6.22. The van der Waals surface area contributed by atoms with E-state index in [9.17, 15) is 39.2 Å². The van der Waals surface area contributed by atoms with E-state index < -0.39 is 69.6 Å². The number of aromatic hydroxyl groups is 1. The average Bonchev–Trinajstić information content (AvgIpc) is 2.69. The number of carbonyl (C=O) groups is 3. The summed E-state index contributed by atoms with van der Waals surface area (Å²) < 4.78 is 14.7. The molecule has 6 N–H and O–H groups in total. The van der Waals surface area contributed by atoms with Crippen LogP contribution in [0.1, 0.15) is 17.5 Å². The number of benzene rings is 1. The highest BCUT2D eigenvalue weighted by Gasteiger charge is 2.64. The van der Waals surface area contributed by atoms with Crippen molar-refractivity contribution < 1.29 is 39.2 Å². The van der Waals surface area contributed by atoms with Crippen molar-refractivity contribution in [3.05, 3.63) is 39.9 Å². The molecule has 4 atom stereocenters. The fourth-order valence-electron chi connectivity index (χ4n) is 5.76. The van der Waals surface area contributed by atoms with Crippen molar-refractivity contribution >= 4 is 28.9 Å². The zero-order valence-electron chi connectivity index (χ0n) is 19.1. The lowest BCUT2D eigenvalue weighted by molar-refractivity contribution is -0.153. The summed E-state index contributed by atoms with van der Waals surface area (Å²) in [5.74, 6) is -8.30. The molecule has 182 valence electrons. The van der Waals surface area contributed by atoms with E-state index in [1.807, 2.05) is 0 Å². The quantitative estimate of drug-likeness (QED) is 0.383. The number of amides is 1. The van der Waals surface area contributed by atoms with Gasteiger partial charge in [-0.25, -0.2) is 4.39 Å². The minimum Gasteiger partial charge on any atom is -0.508 e. The van der Waals surface area contributed by atoms with Crippen LogP contribution in [0.4, 0.5) is 10.1 Å². The zero-order chi connectivity index (χ0) is 25.4. The van der Waals surface area contributed by atoms with Crippen LogP contribution in [0.15, 0.2) is 23.0 Å². The molecule has 0 bridgehead atoms. The molecule has 4 unspecified atom stereocenters. The van der Waals surface area contributed by atoms with Gasteiger partial charge < -0.3 is 31.1 Å². The third-order valence-electron chi connectivity index (χ3n) is 7.09. The Morgan fingerprint density at radius 3 is 2.32 bits per heavy atom. The number of Topliss-reactive ketones (excluding diaryl/α,β-unsaturated/α-hetero) is 2. The first-order valence-electron chi connectivity index (χ1n) is 10.6. The Balaban J connectivity index is 2.01. The molecule has 0 radical (unpaired) electrons. The monoisotopic (exact) mass is 475 g/mol. The predicted molar refractivity (Wildman–Crippen MR) is 119 cm³/mol. The lowest BCUT2D eigenvalue weighted by Gasteiger charge is -2.50. The Labute approximate surface area is 194 Å². The molecule has 11 heteroatoms. The summed E-state index contributed by atoms with van der Waals surface area (Å²) in [6, 6.07) is -0.355. The summed E-state index contributed by atoms with van der Waals surface area (Å²) >= 11 is 0. The molecule has 4 rings (SSSR count). The first-order chi connectivity index (χ1) is 15.7. The van der Waals surface area contributed by atoms with Gasteiger partial charge in [0.05, 0.1) is 17.3 Å². The van der Waals surface area contributed by atoms with Gasteiger partial charge in [0.1, 0.15) is 28.7 Å². The van der Waals surface area contributed by atoms with Crippen LogP contribution in [0.3, 0.4) is 0 Å². The number of hydrogen-bond donors (Lipinski definition) is 5. The lowest BCUT2D eigenvalue weighted by Crippen LogP contribution is -2.65. The van der Waals surface area contributed by atoms with Crippen LogP contribution in [0.25, 0.3) is 5.76 Å². The third kappa shape index (κ3) is 2.90. The van der Waals surface area contributed by atoms with Crippen LogP contribution < -0.4 is 10.6 Å². The van der Waals surface area contributed by atoms with E-state index in [-0.39, 0.29) is 35.2 Å². The van der Waals surface area contributed by atoms with Crippen molar-refractivity contribution in [2.75, 3.05) is 33.1 Å². The molecule has 1 aromatic rings. The first-order valence-corrected chi connectivity index (χ1v) is 10.6. The van der Waals surface area contributed by atoms with Crippen molar-refractivity contribution in [2.45, 2.75) is 24.5 Å². The minimum atomic E-state index is -2.70. The molecule has 0 saturated heterocycles. The SMILES string of the molecule is CN(C)c1c(F)cc(O)c2c1CC1CC3C(N(C)C)C(=O)C(C(N)=O)=C(O)C3(O)C(=O)C1=C2O. The van der Waals surface area contributed by atoms with Crippen molar-refractivity contribution in [1.29, 1.82) is 0 Å². The number of phenols is 1. The van der Waals surface area contributed by atoms with Crippen LogP contribution in [0.5, 0.6) is 5.75 Å². The second-order valence-electron chi connectivity index (χ2n) is 9.44. The number of ketones is 2. The number of phenolic OH excluding ortho intramolecular Hbond substituents is 1. The molecule has 1 fully saturated rings. The van der Waals surface area contributed by atoms with Crippen molar-refractivity contribution in [2.24, 2.45) is 17.6 Å². The van der Waals surface area contributed by atoms with E-state index in [4.69, 9.17) is 5.73 Å². The van der Waals surface area contributed by atoms with Crippen LogP contribution in [-0.2, 0) is 20.8 Å². The van der Waals surface area contributed by atoms with Gasteiger partial charge in [0.15, 0.2) is 11.4 Å². The average molecular weight is 475 g/mol. The van der Waals surface area contributed by atoms with E-state index in [2.05, 4.69) is 0 Å². The Hall–Kier alpha value is -3.44. The molecule has 0 aromatic heterocycles. The largest absolute Gasteiger partial charge is 0.508 e. The minimum absolute atomic E-state index is 0.0212. The Kier molecular flexibility index (Phi) is 5.26. The molecule has 0 aliphatic heterocycles. The molecule has 0 spiro atoms. The van der Waals surface area contributed by atoms with E-state index in [1.54, 1.807) is 14.1 Å². The molecule has 3 aliphatic rings. The highest BCUT2D eigenvalue weighted by Crippen LogP contribution is 2.53. The van der Waals surface area contributed by atoms with Gasteiger partial charge in [-0.15, -0.1) is 0 Å². The first kappa shape index (κ1) is 23.7. The topological polar surface area (TPSA) is 165 Å². The smallest absolute Gasteiger partial charge is 0.255 e. The van der Waals surface area contributed by atoms with E-state index in [0.717, 1.165) is 6.07 Å². The summed E-state index contributed by atoms with van der Waals surface area (Å²) in [6.07, 6.45) is -0.0384. The number of hydrogen-bond acceptors (Lipinski definition) is 9. The van der Waals surface area contributed by atoms with Crippen molar-refractivity contribution in [3.8, 4) is 5.75 Å². The molecular formula is C23H26FN3O7. The Bertz CT molecular complexity index is 1220. The number of primary amides is 1. The molecule has 0 heterocycles. The fraction of sp³-hybridized carbons (Fsp3) is 0.435. The van der Waals surface area contributed by atoms with Gasteiger partial charge >= 0.3 is 0 Å². The van der Waals surface area contributed by atoms with Gasteiger partial charge in [0, 0.05) is 31.7 Å². The maximum Gasteiger partial charge on any atom is 0.255 e. The van der Waals surface area contributed by atoms with Gasteiger partial charge in [-0.05, 0) is 38.4 Å². The Morgan fingerprint density at radius 1 is 1.18 bits per heavy atom. The number of fused-ring (bicyclic) bond motifs is 3. The van der Waals surface area contributed by atoms with Gasteiger partial charge in [0.25, 0.3) is 5.91 Å². The van der Waals surface area contributed by atoms with Crippen LogP contribution in [0, 0.1) is 17.7 Å². The maximum absolute atomic E-state index is 14.7. The van der Waals surface area contributed by atoms with Crippen molar-refractivity contribution in [1.82, 2.24) is 4.90 Å². The van der Waals surface area contributed by atoms with Crippen LogP contribution in [0.2, 0.25) is 0 Å². The van der Waals surface area contributed by atoms with E-state index in [0.29, 0.717) is 0 Å². The number of anilines is 1. The number of aliphatic hydroxyl groups excluding tert-OH is 2. The summed E-state index contributed by atoms with van der Waals surface area (Å²) in [5.41, 5.74) is 1.67. The summed E-state index contributed by atoms with van der Waals surface area (Å²) in [5, 5.41) is 43.8. The number of halogens is 1. The molecule has 1 amide bonds. The highest BCUT2D eigenvalue weighted by atomic mass is 19.1.